The number of carbonyl (C=O) groups excluding carboxylic acids is 1. The number of hydrogen-bond acceptors (Lipinski definition) is 2. The van der Waals surface area contributed by atoms with Gasteiger partial charge in [-0.25, -0.2) is 0 Å². The molecule has 1 amide bonds. The van der Waals surface area contributed by atoms with Gasteiger partial charge >= 0.3 is 0 Å². The fourth-order valence-electron chi connectivity index (χ4n) is 2.48. The van der Waals surface area contributed by atoms with Crippen LogP contribution in [-0.2, 0) is 11.2 Å². The summed E-state index contributed by atoms with van der Waals surface area (Å²) in [5.41, 5.74) is 3.27. The predicted molar refractivity (Wildman–Crippen MR) is 79.7 cm³/mol. The highest BCUT2D eigenvalue weighted by Crippen LogP contribution is 2.34. The first-order chi connectivity index (χ1) is 9.28. The van der Waals surface area contributed by atoms with Gasteiger partial charge in [-0.3, -0.25) is 4.79 Å². The first kappa shape index (κ1) is 12.3. The van der Waals surface area contributed by atoms with Crippen LogP contribution in [0.3, 0.4) is 0 Å². The van der Waals surface area contributed by atoms with E-state index in [1.807, 2.05) is 24.3 Å². The second kappa shape index (κ2) is 5.10. The van der Waals surface area contributed by atoms with Crippen LogP contribution in [0.4, 0.5) is 5.69 Å². The van der Waals surface area contributed by atoms with E-state index in [9.17, 15) is 4.79 Å². The lowest BCUT2D eigenvalue weighted by molar-refractivity contribution is -0.117. The summed E-state index contributed by atoms with van der Waals surface area (Å²) < 4.78 is 0. The number of rotatable bonds is 3. The first-order valence-electron chi connectivity index (χ1n) is 6.30. The quantitative estimate of drug-likeness (QED) is 0.861. The smallest absolute Gasteiger partial charge is 0.232 e. The number of para-hydroxylation sites is 1. The summed E-state index contributed by atoms with van der Waals surface area (Å²) in [6.07, 6.45) is 2.83. The van der Waals surface area contributed by atoms with Crippen molar-refractivity contribution in [2.45, 2.75) is 17.2 Å². The molecule has 2 aromatic carbocycles. The highest BCUT2D eigenvalue weighted by atomic mass is 32.2. The van der Waals surface area contributed by atoms with Gasteiger partial charge in [-0.05, 0) is 42.0 Å². The van der Waals surface area contributed by atoms with Crippen molar-refractivity contribution in [3.05, 3.63) is 59.7 Å². The molecule has 0 bridgehead atoms. The molecule has 0 aliphatic carbocycles. The molecule has 0 fully saturated rings. The van der Waals surface area contributed by atoms with Gasteiger partial charge in [-0.1, -0.05) is 30.3 Å². The van der Waals surface area contributed by atoms with Gasteiger partial charge in [0.2, 0.25) is 5.91 Å². The lowest BCUT2D eigenvalue weighted by Gasteiger charge is -2.09. The number of nitrogens with one attached hydrogen (secondary N) is 1. The molecule has 19 heavy (non-hydrogen) atoms. The van der Waals surface area contributed by atoms with Crippen molar-refractivity contribution in [2.75, 3.05) is 11.6 Å². The van der Waals surface area contributed by atoms with Crippen LogP contribution < -0.4 is 5.32 Å². The van der Waals surface area contributed by atoms with Crippen molar-refractivity contribution in [3.63, 3.8) is 0 Å². The molecule has 1 N–H and O–H groups in total. The zero-order valence-electron chi connectivity index (χ0n) is 10.7. The number of fused-ring (bicyclic) bond motifs is 1. The van der Waals surface area contributed by atoms with Gasteiger partial charge in [0.1, 0.15) is 0 Å². The van der Waals surface area contributed by atoms with Crippen LogP contribution in [-0.4, -0.2) is 12.2 Å². The second-order valence-corrected chi connectivity index (χ2v) is 5.56. The zero-order valence-corrected chi connectivity index (χ0v) is 11.5. The van der Waals surface area contributed by atoms with E-state index in [4.69, 9.17) is 0 Å². The molecular formula is C16H15NOS. The van der Waals surface area contributed by atoms with Gasteiger partial charge in [0, 0.05) is 10.6 Å². The minimum atomic E-state index is -0.0590. The maximum Gasteiger partial charge on any atom is 0.232 e. The summed E-state index contributed by atoms with van der Waals surface area (Å²) in [5.74, 6) is 0.0477. The lowest BCUT2D eigenvalue weighted by atomic mass is 9.93. The Morgan fingerprint density at radius 3 is 2.58 bits per heavy atom. The Bertz CT molecular complexity index is 606. The van der Waals surface area contributed by atoms with Crippen molar-refractivity contribution in [1.82, 2.24) is 0 Å². The fraction of sp³-hybridized carbons (Fsp3) is 0.188. The fourth-order valence-corrected chi connectivity index (χ4v) is 2.88. The second-order valence-electron chi connectivity index (χ2n) is 4.68. The number of carbonyl (C=O) groups is 1. The largest absolute Gasteiger partial charge is 0.325 e. The summed E-state index contributed by atoms with van der Waals surface area (Å²) in [5, 5.41) is 2.95. The van der Waals surface area contributed by atoms with E-state index in [2.05, 4.69) is 35.8 Å². The third-order valence-corrected chi connectivity index (χ3v) is 4.25. The van der Waals surface area contributed by atoms with Crippen molar-refractivity contribution in [3.8, 4) is 0 Å². The van der Waals surface area contributed by atoms with Crippen molar-refractivity contribution in [2.24, 2.45) is 0 Å². The molecule has 3 rings (SSSR count). The maximum atomic E-state index is 12.0. The van der Waals surface area contributed by atoms with Crippen LogP contribution in [0, 0.1) is 0 Å². The Hall–Kier alpha value is -1.74. The van der Waals surface area contributed by atoms with E-state index in [1.165, 1.54) is 10.5 Å². The van der Waals surface area contributed by atoms with E-state index >= 15 is 0 Å². The highest BCUT2D eigenvalue weighted by molar-refractivity contribution is 7.98. The summed E-state index contributed by atoms with van der Waals surface area (Å²) in [6, 6.07) is 16.4. The lowest BCUT2D eigenvalue weighted by Crippen LogP contribution is -2.14. The molecule has 0 radical (unpaired) electrons. The molecule has 1 atom stereocenters. The van der Waals surface area contributed by atoms with E-state index < -0.39 is 0 Å². The van der Waals surface area contributed by atoms with Crippen LogP contribution in [0.2, 0.25) is 0 Å². The molecular weight excluding hydrogens is 254 g/mol. The SMILES string of the molecule is CSc1ccc(C[C@@H]2C(=O)Nc3ccccc32)cc1. The van der Waals surface area contributed by atoms with Gasteiger partial charge in [-0.15, -0.1) is 11.8 Å². The molecule has 1 aliphatic rings. The summed E-state index contributed by atoms with van der Waals surface area (Å²) in [6.45, 7) is 0. The van der Waals surface area contributed by atoms with E-state index in [0.29, 0.717) is 0 Å². The molecule has 1 heterocycles. The summed E-state index contributed by atoms with van der Waals surface area (Å²) in [7, 11) is 0. The highest BCUT2D eigenvalue weighted by Gasteiger charge is 2.29. The Labute approximate surface area is 117 Å². The molecule has 0 aromatic heterocycles. The number of anilines is 1. The summed E-state index contributed by atoms with van der Waals surface area (Å²) in [4.78, 5) is 13.3. The van der Waals surface area contributed by atoms with Gasteiger partial charge in [0.05, 0.1) is 5.92 Å². The standard InChI is InChI=1S/C16H15NOS/c1-19-12-8-6-11(7-9-12)10-14-13-4-2-3-5-15(13)17-16(14)18/h2-9,14H,10H2,1H3,(H,17,18)/t14-/m0/s1. The van der Waals surface area contributed by atoms with Crippen molar-refractivity contribution >= 4 is 23.4 Å². The molecule has 96 valence electrons. The van der Waals surface area contributed by atoms with Crippen molar-refractivity contribution in [1.29, 1.82) is 0 Å². The third kappa shape index (κ3) is 2.38. The Morgan fingerprint density at radius 2 is 1.84 bits per heavy atom. The van der Waals surface area contributed by atoms with Crippen LogP contribution in [0.25, 0.3) is 0 Å². The Morgan fingerprint density at radius 1 is 1.11 bits per heavy atom. The van der Waals surface area contributed by atoms with Gasteiger partial charge < -0.3 is 5.32 Å². The van der Waals surface area contributed by atoms with E-state index in [-0.39, 0.29) is 11.8 Å². The zero-order chi connectivity index (χ0) is 13.2. The van der Waals surface area contributed by atoms with Gasteiger partial charge in [-0.2, -0.15) is 0 Å². The number of hydrogen-bond donors (Lipinski definition) is 1. The maximum absolute atomic E-state index is 12.0. The average Bonchev–Trinajstić information content (AvgIpc) is 2.76. The summed E-state index contributed by atoms with van der Waals surface area (Å²) >= 11 is 1.73. The van der Waals surface area contributed by atoms with Crippen molar-refractivity contribution < 1.29 is 4.79 Å². The monoisotopic (exact) mass is 269 g/mol. The van der Waals surface area contributed by atoms with Crippen LogP contribution in [0.15, 0.2) is 53.4 Å². The third-order valence-electron chi connectivity index (χ3n) is 3.51. The minimum absolute atomic E-state index is 0.0590. The van der Waals surface area contributed by atoms with Gasteiger partial charge in [0.15, 0.2) is 0 Å². The van der Waals surface area contributed by atoms with E-state index in [0.717, 1.165) is 17.7 Å². The molecule has 0 spiro atoms. The number of thioether (sulfide) groups is 1. The van der Waals surface area contributed by atoms with Gasteiger partial charge in [0.25, 0.3) is 0 Å². The topological polar surface area (TPSA) is 29.1 Å². The molecule has 0 unspecified atom stereocenters. The van der Waals surface area contributed by atoms with Crippen LogP contribution in [0.1, 0.15) is 17.0 Å². The number of amides is 1. The van der Waals surface area contributed by atoms with E-state index in [1.54, 1.807) is 11.8 Å². The van der Waals surface area contributed by atoms with Crippen LogP contribution in [0.5, 0.6) is 0 Å². The molecule has 2 aromatic rings. The average molecular weight is 269 g/mol. The Kier molecular flexibility index (Phi) is 3.30. The first-order valence-corrected chi connectivity index (χ1v) is 7.53. The Balaban J connectivity index is 1.84. The molecule has 3 heteroatoms. The molecule has 0 saturated heterocycles. The molecule has 2 nitrogen and oxygen atoms in total. The van der Waals surface area contributed by atoms with Crippen LogP contribution >= 0.6 is 11.8 Å². The predicted octanol–water partition coefficient (Wildman–Crippen LogP) is 3.69. The normalized spacial score (nSPS) is 17.1. The minimum Gasteiger partial charge on any atom is -0.325 e. The molecule has 1 aliphatic heterocycles. The number of benzene rings is 2. The molecule has 0 saturated carbocycles.